The van der Waals surface area contributed by atoms with E-state index in [4.69, 9.17) is 10.2 Å². The topological polar surface area (TPSA) is 81.1 Å². The van der Waals surface area contributed by atoms with Crippen molar-refractivity contribution < 1.29 is 19.8 Å². The molecule has 3 aliphatic rings. The van der Waals surface area contributed by atoms with Crippen LogP contribution in [-0.2, 0) is 41.8 Å². The molecule has 0 amide bonds. The summed E-state index contributed by atoms with van der Waals surface area (Å²) in [5, 5.41) is 15.6. The predicted octanol–water partition coefficient (Wildman–Crippen LogP) is 3.70. The molecule has 1 saturated heterocycles. The van der Waals surface area contributed by atoms with Gasteiger partial charge in [0.05, 0.1) is 0 Å². The molecule has 5 rings (SSSR count). The summed E-state index contributed by atoms with van der Waals surface area (Å²) in [5.41, 5.74) is 9.92. The fraction of sp³-hybridized carbons (Fsp3) is 0.407. The van der Waals surface area contributed by atoms with E-state index in [1.54, 1.807) is 27.8 Å². The Balaban J connectivity index is 0.000000281. The van der Waals surface area contributed by atoms with Crippen molar-refractivity contribution in [1.29, 1.82) is 0 Å². The van der Waals surface area contributed by atoms with Crippen LogP contribution in [0.15, 0.2) is 48.6 Å². The lowest BCUT2D eigenvalue weighted by Crippen LogP contribution is -2.46. The molecule has 2 aromatic rings. The zero-order valence-electron chi connectivity index (χ0n) is 19.0. The van der Waals surface area contributed by atoms with Gasteiger partial charge in [0, 0.05) is 50.6 Å². The number of fused-ring (bicyclic) bond motifs is 2. The van der Waals surface area contributed by atoms with Crippen LogP contribution in [0.25, 0.3) is 0 Å². The second kappa shape index (κ2) is 10.7. The Morgan fingerprint density at radius 1 is 0.788 bits per heavy atom. The normalized spacial score (nSPS) is 17.4. The standard InChI is InChI=1S/C23H28N2.C4H4O4/c1-2-8-20(9-3-1)25-14-12-24(13-15-25)17-23-21-10-4-6-18(21)16-19-7-5-11-22(19)23;5-3(6)1-2-4(7)8/h1-3,8-9,16H,4-7,10-15,17H2;1-2H,(H,5,6)(H,7,8)/b;2-1-. The summed E-state index contributed by atoms with van der Waals surface area (Å²) in [4.78, 5) is 24.3. The van der Waals surface area contributed by atoms with E-state index in [1.165, 1.54) is 63.8 Å². The summed E-state index contributed by atoms with van der Waals surface area (Å²) in [6.07, 6.45) is 9.13. The number of nitrogens with zero attached hydrogens (tertiary/aromatic N) is 2. The van der Waals surface area contributed by atoms with Gasteiger partial charge in [-0.1, -0.05) is 24.3 Å². The summed E-state index contributed by atoms with van der Waals surface area (Å²) < 4.78 is 0. The van der Waals surface area contributed by atoms with Crippen LogP contribution < -0.4 is 4.90 Å². The molecule has 2 N–H and O–H groups in total. The van der Waals surface area contributed by atoms with E-state index in [9.17, 15) is 9.59 Å². The summed E-state index contributed by atoms with van der Waals surface area (Å²) in [6.45, 7) is 5.87. The lowest BCUT2D eigenvalue weighted by atomic mass is 9.93. The van der Waals surface area contributed by atoms with Gasteiger partial charge in [-0.05, 0) is 78.5 Å². The Bertz CT molecular complexity index is 976. The van der Waals surface area contributed by atoms with Gasteiger partial charge in [-0.3, -0.25) is 4.90 Å². The van der Waals surface area contributed by atoms with Crippen LogP contribution in [0.4, 0.5) is 5.69 Å². The van der Waals surface area contributed by atoms with Gasteiger partial charge in [-0.2, -0.15) is 0 Å². The smallest absolute Gasteiger partial charge is 0.328 e. The average Bonchev–Trinajstić information content (AvgIpc) is 3.48. The molecule has 0 radical (unpaired) electrons. The van der Waals surface area contributed by atoms with E-state index in [0.29, 0.717) is 12.2 Å². The van der Waals surface area contributed by atoms with Crippen LogP contribution in [0, 0.1) is 0 Å². The van der Waals surface area contributed by atoms with Crippen molar-refractivity contribution in [2.45, 2.75) is 45.1 Å². The number of anilines is 1. The highest BCUT2D eigenvalue weighted by Gasteiger charge is 2.26. The molecule has 0 bridgehead atoms. The van der Waals surface area contributed by atoms with E-state index < -0.39 is 11.9 Å². The third-order valence-corrected chi connectivity index (χ3v) is 6.84. The summed E-state index contributed by atoms with van der Waals surface area (Å²) in [7, 11) is 0. The minimum atomic E-state index is -1.26. The third kappa shape index (κ3) is 5.82. The highest BCUT2D eigenvalue weighted by molar-refractivity contribution is 5.89. The molecule has 1 aliphatic heterocycles. The molecule has 0 aromatic heterocycles. The maximum atomic E-state index is 9.55. The Morgan fingerprint density at radius 3 is 1.85 bits per heavy atom. The number of benzene rings is 2. The molecule has 6 heteroatoms. The number of para-hydroxylation sites is 1. The van der Waals surface area contributed by atoms with E-state index >= 15 is 0 Å². The lowest BCUT2D eigenvalue weighted by Gasteiger charge is -2.36. The van der Waals surface area contributed by atoms with E-state index in [1.807, 2.05) is 0 Å². The van der Waals surface area contributed by atoms with Crippen LogP contribution in [0.3, 0.4) is 0 Å². The number of hydrogen-bond donors (Lipinski definition) is 2. The second-order valence-corrected chi connectivity index (χ2v) is 8.95. The quantitative estimate of drug-likeness (QED) is 0.679. The molecule has 0 saturated carbocycles. The number of piperazine rings is 1. The number of carboxylic acids is 2. The van der Waals surface area contributed by atoms with Gasteiger partial charge < -0.3 is 15.1 Å². The Morgan fingerprint density at radius 2 is 1.33 bits per heavy atom. The lowest BCUT2D eigenvalue weighted by molar-refractivity contribution is -0.134. The zero-order chi connectivity index (χ0) is 23.2. The number of aliphatic carboxylic acids is 2. The molecular formula is C27H32N2O4. The summed E-state index contributed by atoms with van der Waals surface area (Å²) >= 11 is 0. The zero-order valence-corrected chi connectivity index (χ0v) is 19.0. The highest BCUT2D eigenvalue weighted by atomic mass is 16.4. The van der Waals surface area contributed by atoms with Crippen LogP contribution in [0.1, 0.15) is 40.7 Å². The first kappa shape index (κ1) is 23.1. The summed E-state index contributed by atoms with van der Waals surface area (Å²) in [6, 6.07) is 13.5. The van der Waals surface area contributed by atoms with Gasteiger partial charge in [0.15, 0.2) is 0 Å². The maximum absolute atomic E-state index is 9.55. The second-order valence-electron chi connectivity index (χ2n) is 8.95. The monoisotopic (exact) mass is 448 g/mol. The molecule has 174 valence electrons. The van der Waals surface area contributed by atoms with E-state index in [0.717, 1.165) is 13.1 Å². The van der Waals surface area contributed by atoms with Crippen molar-refractivity contribution in [1.82, 2.24) is 4.90 Å². The molecule has 0 unspecified atom stereocenters. The molecule has 6 nitrogen and oxygen atoms in total. The Hall–Kier alpha value is -3.12. The number of carbonyl (C=O) groups is 2. The molecule has 0 atom stereocenters. The van der Waals surface area contributed by atoms with Crippen molar-refractivity contribution in [3.05, 3.63) is 76.4 Å². The van der Waals surface area contributed by atoms with Gasteiger partial charge in [0.1, 0.15) is 0 Å². The van der Waals surface area contributed by atoms with Crippen molar-refractivity contribution >= 4 is 17.6 Å². The fourth-order valence-electron chi connectivity index (χ4n) is 5.29. The Labute approximate surface area is 195 Å². The van der Waals surface area contributed by atoms with Crippen LogP contribution in [-0.4, -0.2) is 53.2 Å². The minimum absolute atomic E-state index is 0.558. The number of rotatable bonds is 5. The van der Waals surface area contributed by atoms with Crippen molar-refractivity contribution in [3.8, 4) is 0 Å². The molecule has 0 spiro atoms. The van der Waals surface area contributed by atoms with Crippen molar-refractivity contribution in [2.75, 3.05) is 31.1 Å². The number of carboxylic acid groups (broad SMARTS) is 2. The molecule has 2 aliphatic carbocycles. The minimum Gasteiger partial charge on any atom is -0.478 e. The van der Waals surface area contributed by atoms with E-state index in [2.05, 4.69) is 46.2 Å². The van der Waals surface area contributed by atoms with Gasteiger partial charge in [-0.25, -0.2) is 9.59 Å². The van der Waals surface area contributed by atoms with Crippen LogP contribution in [0.2, 0.25) is 0 Å². The van der Waals surface area contributed by atoms with Gasteiger partial charge in [0.2, 0.25) is 0 Å². The molecule has 2 aromatic carbocycles. The molecule has 33 heavy (non-hydrogen) atoms. The predicted molar refractivity (Wildman–Crippen MR) is 129 cm³/mol. The number of aryl methyl sites for hydroxylation is 2. The number of hydrogen-bond acceptors (Lipinski definition) is 4. The van der Waals surface area contributed by atoms with Crippen molar-refractivity contribution in [2.24, 2.45) is 0 Å². The first-order valence-electron chi connectivity index (χ1n) is 11.8. The Kier molecular flexibility index (Phi) is 7.45. The van der Waals surface area contributed by atoms with Crippen molar-refractivity contribution in [3.63, 3.8) is 0 Å². The first-order chi connectivity index (χ1) is 16.0. The highest BCUT2D eigenvalue weighted by Crippen LogP contribution is 2.36. The first-order valence-corrected chi connectivity index (χ1v) is 11.8. The largest absolute Gasteiger partial charge is 0.478 e. The molecule has 1 fully saturated rings. The van der Waals surface area contributed by atoms with Gasteiger partial charge in [0.25, 0.3) is 0 Å². The van der Waals surface area contributed by atoms with Gasteiger partial charge in [-0.15, -0.1) is 0 Å². The fourth-order valence-corrected chi connectivity index (χ4v) is 5.29. The average molecular weight is 449 g/mol. The molecular weight excluding hydrogens is 416 g/mol. The van der Waals surface area contributed by atoms with E-state index in [-0.39, 0.29) is 0 Å². The van der Waals surface area contributed by atoms with Crippen LogP contribution in [0.5, 0.6) is 0 Å². The third-order valence-electron chi connectivity index (χ3n) is 6.84. The summed E-state index contributed by atoms with van der Waals surface area (Å²) in [5.74, 6) is -2.51. The maximum Gasteiger partial charge on any atom is 0.328 e. The van der Waals surface area contributed by atoms with Crippen LogP contribution >= 0.6 is 0 Å². The van der Waals surface area contributed by atoms with Gasteiger partial charge >= 0.3 is 11.9 Å². The molecule has 1 heterocycles. The SMILES string of the molecule is O=C(O)/C=C\C(=O)O.c1ccc(N2CCN(Cc3c4c(cc5c3CCC5)CCC4)CC2)cc1.